The number of aromatic nitrogens is 4. The Hall–Kier alpha value is -2.30. The van der Waals surface area contributed by atoms with Crippen molar-refractivity contribution in [2.75, 3.05) is 11.2 Å². The van der Waals surface area contributed by atoms with Crippen LogP contribution in [0.15, 0.2) is 52.2 Å². The Morgan fingerprint density at radius 3 is 2.93 bits per heavy atom. The molecule has 0 spiro atoms. The van der Waals surface area contributed by atoms with E-state index >= 15 is 0 Å². The predicted molar refractivity (Wildman–Crippen MR) is 112 cm³/mol. The molecule has 2 aromatic heterocycles. The number of nitrogen functional groups attached to an aromatic ring is 1. The van der Waals surface area contributed by atoms with Crippen molar-refractivity contribution in [3.8, 4) is 5.75 Å². The van der Waals surface area contributed by atoms with Crippen LogP contribution < -0.4 is 15.9 Å². The lowest BCUT2D eigenvalue weighted by molar-refractivity contribution is -0.115. The van der Waals surface area contributed by atoms with Gasteiger partial charge in [-0.1, -0.05) is 45.4 Å². The number of benzene rings is 1. The van der Waals surface area contributed by atoms with E-state index in [0.29, 0.717) is 27.6 Å². The highest BCUT2D eigenvalue weighted by Crippen LogP contribution is 2.23. The van der Waals surface area contributed by atoms with Gasteiger partial charge in [0.15, 0.2) is 5.82 Å². The van der Waals surface area contributed by atoms with Gasteiger partial charge in [-0.3, -0.25) is 4.79 Å². The average Bonchev–Trinajstić information content (AvgIpc) is 3.01. The van der Waals surface area contributed by atoms with Gasteiger partial charge in [-0.2, -0.15) is 0 Å². The SMILES string of the molecule is CC(Sc1nnc(COc2cccc(Br)c2)n1N)C(=O)Nc1ccc(Cl)cn1. The molecule has 0 saturated carbocycles. The van der Waals surface area contributed by atoms with Crippen molar-refractivity contribution >= 4 is 51.0 Å². The molecule has 1 aromatic carbocycles. The third-order valence-electron chi connectivity index (χ3n) is 3.53. The van der Waals surface area contributed by atoms with Crippen molar-refractivity contribution in [1.29, 1.82) is 0 Å². The van der Waals surface area contributed by atoms with E-state index in [9.17, 15) is 4.79 Å². The molecular weight excluding hydrogens is 468 g/mol. The van der Waals surface area contributed by atoms with Crippen molar-refractivity contribution in [2.24, 2.45) is 0 Å². The minimum absolute atomic E-state index is 0.149. The van der Waals surface area contributed by atoms with Crippen LogP contribution in [0.3, 0.4) is 0 Å². The summed E-state index contributed by atoms with van der Waals surface area (Å²) >= 11 is 10.4. The topological polar surface area (TPSA) is 108 Å². The number of hydrogen-bond acceptors (Lipinski definition) is 7. The van der Waals surface area contributed by atoms with Gasteiger partial charge < -0.3 is 15.9 Å². The summed E-state index contributed by atoms with van der Waals surface area (Å²) in [6, 6.07) is 10.7. The standard InChI is InChI=1S/C17H16BrClN6O2S/c1-10(16(26)22-14-6-5-12(19)8-21-14)28-17-24-23-15(25(17)20)9-27-13-4-2-3-11(18)7-13/h2-8,10H,9,20H2,1H3,(H,21,22,26). The van der Waals surface area contributed by atoms with Crippen molar-refractivity contribution in [2.45, 2.75) is 23.9 Å². The molecule has 0 fully saturated rings. The van der Waals surface area contributed by atoms with Crippen LogP contribution in [0.5, 0.6) is 5.75 Å². The molecule has 2 heterocycles. The summed E-state index contributed by atoms with van der Waals surface area (Å²) in [6.07, 6.45) is 1.46. The first-order valence-corrected chi connectivity index (χ1v) is 10.1. The van der Waals surface area contributed by atoms with Gasteiger partial charge in [-0.05, 0) is 37.3 Å². The van der Waals surface area contributed by atoms with Crippen LogP contribution in [-0.4, -0.2) is 31.0 Å². The summed E-state index contributed by atoms with van der Waals surface area (Å²) < 4.78 is 7.89. The molecule has 0 aliphatic carbocycles. The van der Waals surface area contributed by atoms with Crippen LogP contribution in [0.2, 0.25) is 5.02 Å². The van der Waals surface area contributed by atoms with E-state index in [2.05, 4.69) is 36.4 Å². The monoisotopic (exact) mass is 482 g/mol. The van der Waals surface area contributed by atoms with E-state index in [-0.39, 0.29) is 12.5 Å². The molecule has 11 heteroatoms. The lowest BCUT2D eigenvalue weighted by atomic mass is 10.3. The molecule has 0 bridgehead atoms. The maximum Gasteiger partial charge on any atom is 0.238 e. The maximum absolute atomic E-state index is 12.3. The molecule has 3 rings (SSSR count). The van der Waals surface area contributed by atoms with Gasteiger partial charge in [-0.25, -0.2) is 9.66 Å². The Morgan fingerprint density at radius 2 is 2.21 bits per heavy atom. The average molecular weight is 484 g/mol. The summed E-state index contributed by atoms with van der Waals surface area (Å²) in [5.74, 6) is 7.33. The number of hydrogen-bond donors (Lipinski definition) is 2. The van der Waals surface area contributed by atoms with Crippen molar-refractivity contribution in [1.82, 2.24) is 19.9 Å². The van der Waals surface area contributed by atoms with Crippen LogP contribution in [0, 0.1) is 0 Å². The summed E-state index contributed by atoms with van der Waals surface area (Å²) in [4.78, 5) is 16.4. The Kier molecular flexibility index (Phi) is 6.76. The van der Waals surface area contributed by atoms with Crippen LogP contribution in [-0.2, 0) is 11.4 Å². The highest BCUT2D eigenvalue weighted by Gasteiger charge is 2.20. The molecule has 3 N–H and O–H groups in total. The minimum Gasteiger partial charge on any atom is -0.485 e. The normalized spacial score (nSPS) is 11.8. The number of rotatable bonds is 7. The second kappa shape index (κ2) is 9.26. The van der Waals surface area contributed by atoms with Crippen LogP contribution in [0.25, 0.3) is 0 Å². The zero-order valence-electron chi connectivity index (χ0n) is 14.7. The number of halogens is 2. The molecule has 8 nitrogen and oxygen atoms in total. The maximum atomic E-state index is 12.3. The number of carbonyl (C=O) groups excluding carboxylic acids is 1. The van der Waals surface area contributed by atoms with Gasteiger partial charge in [-0.15, -0.1) is 10.2 Å². The van der Waals surface area contributed by atoms with E-state index in [1.54, 1.807) is 19.1 Å². The van der Waals surface area contributed by atoms with E-state index in [1.165, 1.54) is 22.6 Å². The summed E-state index contributed by atoms with van der Waals surface area (Å²) in [6.45, 7) is 1.89. The second-order valence-electron chi connectivity index (χ2n) is 5.63. The number of pyridine rings is 1. The molecule has 0 saturated heterocycles. The number of nitrogens with one attached hydrogen (secondary N) is 1. The van der Waals surface area contributed by atoms with Crippen molar-refractivity contribution in [3.63, 3.8) is 0 Å². The number of nitrogens with two attached hydrogens (primary N) is 1. The van der Waals surface area contributed by atoms with Gasteiger partial charge in [0.2, 0.25) is 11.1 Å². The quantitative estimate of drug-likeness (QED) is 0.391. The van der Waals surface area contributed by atoms with Gasteiger partial charge in [0.05, 0.1) is 10.3 Å². The predicted octanol–water partition coefficient (Wildman–Crippen LogP) is 3.50. The van der Waals surface area contributed by atoms with E-state index in [1.807, 2.05) is 24.3 Å². The van der Waals surface area contributed by atoms with Crippen LogP contribution in [0.1, 0.15) is 12.7 Å². The third-order valence-corrected chi connectivity index (χ3v) is 5.30. The molecule has 1 amide bonds. The highest BCUT2D eigenvalue weighted by molar-refractivity contribution is 9.10. The molecule has 146 valence electrons. The third kappa shape index (κ3) is 5.37. The van der Waals surface area contributed by atoms with Crippen LogP contribution >= 0.6 is 39.3 Å². The number of anilines is 1. The molecular formula is C17H16BrClN6O2S. The molecule has 0 aliphatic heterocycles. The van der Waals surface area contributed by atoms with Gasteiger partial charge in [0.1, 0.15) is 18.2 Å². The van der Waals surface area contributed by atoms with E-state index < -0.39 is 5.25 Å². The number of nitrogens with zero attached hydrogens (tertiary/aromatic N) is 4. The van der Waals surface area contributed by atoms with Crippen LogP contribution in [0.4, 0.5) is 5.82 Å². The zero-order valence-corrected chi connectivity index (χ0v) is 17.8. The Labute approximate surface area is 178 Å². The largest absolute Gasteiger partial charge is 0.485 e. The lowest BCUT2D eigenvalue weighted by Gasteiger charge is -2.11. The van der Waals surface area contributed by atoms with Gasteiger partial charge >= 0.3 is 0 Å². The Bertz CT molecular complexity index is 969. The first-order chi connectivity index (χ1) is 13.4. The smallest absolute Gasteiger partial charge is 0.238 e. The molecule has 0 radical (unpaired) electrons. The first kappa shape index (κ1) is 20.4. The highest BCUT2D eigenvalue weighted by atomic mass is 79.9. The van der Waals surface area contributed by atoms with Gasteiger partial charge in [0.25, 0.3) is 0 Å². The lowest BCUT2D eigenvalue weighted by Crippen LogP contribution is -2.24. The number of amides is 1. The minimum atomic E-state index is -0.470. The molecule has 0 aliphatic rings. The molecule has 1 atom stereocenters. The van der Waals surface area contributed by atoms with E-state index in [4.69, 9.17) is 22.2 Å². The summed E-state index contributed by atoms with van der Waals surface area (Å²) in [5.41, 5.74) is 0. The number of ether oxygens (including phenoxy) is 1. The summed E-state index contributed by atoms with van der Waals surface area (Å²) in [5, 5.41) is 11.2. The van der Waals surface area contributed by atoms with Crippen molar-refractivity contribution < 1.29 is 9.53 Å². The Morgan fingerprint density at radius 1 is 1.39 bits per heavy atom. The second-order valence-corrected chi connectivity index (χ2v) is 8.29. The molecule has 1 unspecified atom stereocenters. The molecule has 3 aromatic rings. The summed E-state index contributed by atoms with van der Waals surface area (Å²) in [7, 11) is 0. The van der Waals surface area contributed by atoms with Crippen molar-refractivity contribution in [3.05, 3.63) is 57.9 Å². The first-order valence-electron chi connectivity index (χ1n) is 8.09. The molecule has 28 heavy (non-hydrogen) atoms. The fraction of sp³-hybridized carbons (Fsp3) is 0.176. The number of thioether (sulfide) groups is 1. The Balaban J connectivity index is 1.58. The number of carbonyl (C=O) groups is 1. The van der Waals surface area contributed by atoms with E-state index in [0.717, 1.165) is 4.47 Å². The fourth-order valence-electron chi connectivity index (χ4n) is 2.08. The van der Waals surface area contributed by atoms with Gasteiger partial charge in [0, 0.05) is 10.7 Å². The zero-order chi connectivity index (χ0) is 20.1. The fourth-order valence-corrected chi connectivity index (χ4v) is 3.36.